The fourth-order valence-corrected chi connectivity index (χ4v) is 2.43. The van der Waals surface area contributed by atoms with E-state index in [2.05, 4.69) is 29.4 Å². The normalized spacial score (nSPS) is 10.6. The van der Waals surface area contributed by atoms with Gasteiger partial charge in [-0.05, 0) is 30.2 Å². The topological polar surface area (TPSA) is 79.4 Å². The van der Waals surface area contributed by atoms with Crippen molar-refractivity contribution in [2.24, 2.45) is 0 Å². The second kappa shape index (κ2) is 6.92. The molecule has 6 nitrogen and oxygen atoms in total. The maximum atomic E-state index is 8.76. The average Bonchev–Trinajstić information content (AvgIpc) is 3.06. The molecule has 120 valence electrons. The van der Waals surface area contributed by atoms with Gasteiger partial charge in [-0.1, -0.05) is 32.0 Å². The third-order valence-electron chi connectivity index (χ3n) is 3.63. The maximum absolute atomic E-state index is 8.76. The Labute approximate surface area is 140 Å². The highest BCUT2D eigenvalue weighted by Gasteiger charge is 2.13. The van der Waals surface area contributed by atoms with Crippen molar-refractivity contribution < 1.29 is 0 Å². The summed E-state index contributed by atoms with van der Waals surface area (Å²) in [6.45, 7) is 4.85. The smallest absolute Gasteiger partial charge is 0.163 e. The number of aromatic nitrogens is 4. The summed E-state index contributed by atoms with van der Waals surface area (Å²) in [5.74, 6) is 0.954. The van der Waals surface area contributed by atoms with Crippen LogP contribution in [0.3, 0.4) is 0 Å². The molecule has 0 saturated heterocycles. The van der Waals surface area contributed by atoms with Gasteiger partial charge in [0.2, 0.25) is 0 Å². The first-order valence-electron chi connectivity index (χ1n) is 7.79. The number of hydrogen-bond acceptors (Lipinski definition) is 5. The number of nitrogens with zero attached hydrogens (tertiary/aromatic N) is 5. The Morgan fingerprint density at radius 2 is 1.92 bits per heavy atom. The van der Waals surface area contributed by atoms with E-state index in [0.717, 1.165) is 16.9 Å². The van der Waals surface area contributed by atoms with E-state index in [1.807, 2.05) is 47.3 Å². The number of nitriles is 1. The molecule has 2 aromatic heterocycles. The Balaban J connectivity index is 1.81. The van der Waals surface area contributed by atoms with Gasteiger partial charge in [-0.3, -0.25) is 0 Å². The molecule has 0 spiro atoms. The average molecular weight is 318 g/mol. The molecular formula is C18H18N6. The molecule has 2 heterocycles. The van der Waals surface area contributed by atoms with Gasteiger partial charge >= 0.3 is 0 Å². The number of nitrogens with one attached hydrogen (secondary N) is 1. The van der Waals surface area contributed by atoms with Gasteiger partial charge in [-0.25, -0.2) is 4.68 Å². The molecule has 1 N–H and O–H groups in total. The number of para-hydroxylation sites is 1. The molecule has 0 aliphatic heterocycles. The molecule has 0 aliphatic carbocycles. The van der Waals surface area contributed by atoms with Crippen molar-refractivity contribution in [2.75, 3.05) is 5.32 Å². The first-order chi connectivity index (χ1) is 11.7. The lowest BCUT2D eigenvalue weighted by molar-refractivity contribution is 0.763. The third-order valence-corrected chi connectivity index (χ3v) is 3.63. The molecule has 0 fully saturated rings. The van der Waals surface area contributed by atoms with Gasteiger partial charge in [-0.2, -0.15) is 10.4 Å². The summed E-state index contributed by atoms with van der Waals surface area (Å²) in [5, 5.41) is 24.5. The van der Waals surface area contributed by atoms with Crippen LogP contribution in [-0.4, -0.2) is 20.0 Å². The minimum atomic E-state index is 0.306. The van der Waals surface area contributed by atoms with Crippen LogP contribution in [0.15, 0.2) is 48.7 Å². The van der Waals surface area contributed by atoms with Crippen molar-refractivity contribution >= 4 is 5.82 Å². The molecule has 3 rings (SSSR count). The molecule has 1 aromatic carbocycles. The molecule has 0 bridgehead atoms. The van der Waals surface area contributed by atoms with Crippen molar-refractivity contribution in [1.82, 2.24) is 20.0 Å². The van der Waals surface area contributed by atoms with Crippen LogP contribution in [0.1, 0.15) is 36.7 Å². The number of rotatable bonds is 5. The highest BCUT2D eigenvalue weighted by molar-refractivity contribution is 5.38. The summed E-state index contributed by atoms with van der Waals surface area (Å²) in [7, 11) is 0. The quantitative estimate of drug-likeness (QED) is 0.781. The van der Waals surface area contributed by atoms with Crippen LogP contribution >= 0.6 is 0 Å². The van der Waals surface area contributed by atoms with E-state index in [9.17, 15) is 0 Å². The summed E-state index contributed by atoms with van der Waals surface area (Å²) in [6, 6.07) is 15.4. The summed E-state index contributed by atoms with van der Waals surface area (Å²) >= 11 is 0. The highest BCUT2D eigenvalue weighted by Crippen LogP contribution is 2.20. The Bertz CT molecular complexity index is 843. The van der Waals surface area contributed by atoms with Gasteiger partial charge in [0.25, 0.3) is 0 Å². The first-order valence-corrected chi connectivity index (χ1v) is 7.79. The highest BCUT2D eigenvalue weighted by atomic mass is 15.3. The van der Waals surface area contributed by atoms with E-state index in [-0.39, 0.29) is 0 Å². The van der Waals surface area contributed by atoms with E-state index >= 15 is 0 Å². The zero-order chi connectivity index (χ0) is 16.9. The third kappa shape index (κ3) is 3.41. The van der Waals surface area contributed by atoms with Gasteiger partial charge in [0.15, 0.2) is 5.69 Å². The van der Waals surface area contributed by atoms with E-state index in [4.69, 9.17) is 10.4 Å². The molecule has 3 aromatic rings. The predicted octanol–water partition coefficient (Wildman–Crippen LogP) is 3.27. The molecule has 0 aliphatic rings. The van der Waals surface area contributed by atoms with E-state index in [1.54, 1.807) is 12.1 Å². The number of hydrogen-bond donors (Lipinski definition) is 1. The molecule has 6 heteroatoms. The lowest BCUT2D eigenvalue weighted by Crippen LogP contribution is -2.04. The van der Waals surface area contributed by atoms with Gasteiger partial charge in [-0.15, -0.1) is 10.2 Å². The molecule has 24 heavy (non-hydrogen) atoms. The standard InChI is InChI=1S/C18H18N6/c1-13(2)18-14(11-20-17-9-8-15(10-19)21-22-17)12-24(23-18)16-6-4-3-5-7-16/h3-9,12-13H,11H2,1-2H3,(H,20,22). The second-order valence-electron chi connectivity index (χ2n) is 5.74. The van der Waals surface area contributed by atoms with Crippen LogP contribution in [0.5, 0.6) is 0 Å². The van der Waals surface area contributed by atoms with Crippen molar-refractivity contribution in [1.29, 1.82) is 5.26 Å². The monoisotopic (exact) mass is 318 g/mol. The van der Waals surface area contributed by atoms with E-state index in [1.165, 1.54) is 0 Å². The van der Waals surface area contributed by atoms with Crippen LogP contribution in [-0.2, 0) is 6.54 Å². The molecular weight excluding hydrogens is 300 g/mol. The van der Waals surface area contributed by atoms with Gasteiger partial charge in [0.05, 0.1) is 11.4 Å². The van der Waals surface area contributed by atoms with Crippen molar-refractivity contribution in [3.63, 3.8) is 0 Å². The predicted molar refractivity (Wildman–Crippen MR) is 91.7 cm³/mol. The Morgan fingerprint density at radius 1 is 1.12 bits per heavy atom. The van der Waals surface area contributed by atoms with Crippen molar-refractivity contribution in [2.45, 2.75) is 26.3 Å². The molecule has 0 amide bonds. The van der Waals surface area contributed by atoms with Crippen LogP contribution in [0.25, 0.3) is 5.69 Å². The van der Waals surface area contributed by atoms with E-state index < -0.39 is 0 Å². The summed E-state index contributed by atoms with van der Waals surface area (Å²) in [5.41, 5.74) is 3.50. The van der Waals surface area contributed by atoms with Gasteiger partial charge < -0.3 is 5.32 Å². The fraction of sp³-hybridized carbons (Fsp3) is 0.222. The summed E-state index contributed by atoms with van der Waals surface area (Å²) in [4.78, 5) is 0. The number of anilines is 1. The van der Waals surface area contributed by atoms with Crippen LogP contribution < -0.4 is 5.32 Å². The summed E-state index contributed by atoms with van der Waals surface area (Å²) < 4.78 is 1.90. The zero-order valence-electron chi connectivity index (χ0n) is 13.6. The Morgan fingerprint density at radius 3 is 2.54 bits per heavy atom. The Kier molecular flexibility index (Phi) is 4.52. The van der Waals surface area contributed by atoms with Crippen LogP contribution in [0.4, 0.5) is 5.82 Å². The number of benzene rings is 1. The Hall–Kier alpha value is -3.20. The molecule has 0 atom stereocenters. The SMILES string of the molecule is CC(C)c1nn(-c2ccccc2)cc1CNc1ccc(C#N)nn1. The fourth-order valence-electron chi connectivity index (χ4n) is 2.43. The lowest BCUT2D eigenvalue weighted by atomic mass is 10.1. The maximum Gasteiger partial charge on any atom is 0.163 e. The van der Waals surface area contributed by atoms with Crippen molar-refractivity contribution in [3.8, 4) is 11.8 Å². The first kappa shape index (κ1) is 15.7. The van der Waals surface area contributed by atoms with Gasteiger partial charge in [0, 0.05) is 18.3 Å². The van der Waals surface area contributed by atoms with Crippen LogP contribution in [0, 0.1) is 11.3 Å². The minimum Gasteiger partial charge on any atom is -0.364 e. The van der Waals surface area contributed by atoms with Crippen molar-refractivity contribution in [3.05, 3.63) is 65.6 Å². The molecule has 0 saturated carbocycles. The summed E-state index contributed by atoms with van der Waals surface area (Å²) in [6.07, 6.45) is 2.04. The molecule has 0 radical (unpaired) electrons. The minimum absolute atomic E-state index is 0.306. The van der Waals surface area contributed by atoms with Crippen LogP contribution in [0.2, 0.25) is 0 Å². The molecule has 0 unspecified atom stereocenters. The lowest BCUT2D eigenvalue weighted by Gasteiger charge is -2.06. The second-order valence-corrected chi connectivity index (χ2v) is 5.74. The van der Waals surface area contributed by atoms with Gasteiger partial charge in [0.1, 0.15) is 11.9 Å². The van der Waals surface area contributed by atoms with E-state index in [0.29, 0.717) is 24.0 Å². The largest absolute Gasteiger partial charge is 0.364 e. The zero-order valence-corrected chi connectivity index (χ0v) is 13.6.